The summed E-state index contributed by atoms with van der Waals surface area (Å²) in [5.41, 5.74) is 2.29. The minimum atomic E-state index is -0.456. The van der Waals surface area contributed by atoms with Crippen molar-refractivity contribution in [3.05, 3.63) is 58.9 Å². The molecule has 0 saturated carbocycles. The van der Waals surface area contributed by atoms with Gasteiger partial charge in [-0.2, -0.15) is 5.26 Å². The fourth-order valence-corrected chi connectivity index (χ4v) is 3.25. The van der Waals surface area contributed by atoms with Crippen LogP contribution in [0, 0.1) is 17.1 Å². The molecule has 7 heteroatoms. The summed E-state index contributed by atoms with van der Waals surface area (Å²) in [6.45, 7) is 3.01. The van der Waals surface area contributed by atoms with Crippen LogP contribution in [0.1, 0.15) is 5.56 Å². The molecule has 1 aliphatic heterocycles. The zero-order valence-electron chi connectivity index (χ0n) is 13.4. The van der Waals surface area contributed by atoms with E-state index < -0.39 is 5.82 Å². The summed E-state index contributed by atoms with van der Waals surface area (Å²) in [6, 6.07) is 14.3. The Labute approximate surface area is 156 Å². The number of hydrogen-bond donors (Lipinski definition) is 1. The molecule has 2 aromatic carbocycles. The number of anilines is 2. The van der Waals surface area contributed by atoms with E-state index in [4.69, 9.17) is 23.8 Å². The zero-order valence-corrected chi connectivity index (χ0v) is 14.9. The predicted molar refractivity (Wildman–Crippen MR) is 103 cm³/mol. The lowest BCUT2D eigenvalue weighted by molar-refractivity contribution is 0.391. The van der Waals surface area contributed by atoms with E-state index in [0.717, 1.165) is 31.9 Å². The van der Waals surface area contributed by atoms with E-state index in [1.807, 2.05) is 24.3 Å². The quantitative estimate of drug-likeness (QED) is 0.808. The van der Waals surface area contributed by atoms with Crippen molar-refractivity contribution in [1.29, 1.82) is 5.26 Å². The van der Waals surface area contributed by atoms with Gasteiger partial charge in [-0.05, 0) is 42.5 Å². The highest BCUT2D eigenvalue weighted by molar-refractivity contribution is 7.80. The van der Waals surface area contributed by atoms with Gasteiger partial charge in [0, 0.05) is 31.9 Å². The summed E-state index contributed by atoms with van der Waals surface area (Å²) in [7, 11) is 0. The number of hydrogen-bond acceptors (Lipinski definition) is 3. The highest BCUT2D eigenvalue weighted by Gasteiger charge is 2.20. The molecule has 4 nitrogen and oxygen atoms in total. The third kappa shape index (κ3) is 4.01. The van der Waals surface area contributed by atoms with Crippen LogP contribution in [-0.4, -0.2) is 36.2 Å². The first kappa shape index (κ1) is 17.5. The molecule has 1 N–H and O–H groups in total. The average Bonchev–Trinajstić information content (AvgIpc) is 2.65. The number of nitriles is 1. The lowest BCUT2D eigenvalue weighted by Gasteiger charge is -2.37. The summed E-state index contributed by atoms with van der Waals surface area (Å²) < 4.78 is 13.2. The van der Waals surface area contributed by atoms with E-state index in [0.29, 0.717) is 16.4 Å². The Morgan fingerprint density at radius 1 is 1.16 bits per heavy atom. The summed E-state index contributed by atoms with van der Waals surface area (Å²) in [5.74, 6) is -0.456. The Morgan fingerprint density at radius 3 is 2.56 bits per heavy atom. The van der Waals surface area contributed by atoms with Gasteiger partial charge >= 0.3 is 0 Å². The summed E-state index contributed by atoms with van der Waals surface area (Å²) in [6.07, 6.45) is 0. The molecule has 0 unspecified atom stereocenters. The summed E-state index contributed by atoms with van der Waals surface area (Å²) in [5, 5.41) is 13.0. The Morgan fingerprint density at radius 2 is 1.88 bits per heavy atom. The van der Waals surface area contributed by atoms with Crippen molar-refractivity contribution in [3.63, 3.8) is 0 Å². The maximum Gasteiger partial charge on any atom is 0.173 e. The van der Waals surface area contributed by atoms with Gasteiger partial charge in [-0.25, -0.2) is 4.39 Å². The van der Waals surface area contributed by atoms with Gasteiger partial charge in [0.15, 0.2) is 5.11 Å². The summed E-state index contributed by atoms with van der Waals surface area (Å²) >= 11 is 11.2. The van der Waals surface area contributed by atoms with Crippen LogP contribution in [0.2, 0.25) is 5.02 Å². The molecule has 0 radical (unpaired) electrons. The Balaban J connectivity index is 1.61. The number of rotatable bonds is 2. The van der Waals surface area contributed by atoms with E-state index in [1.54, 1.807) is 6.07 Å². The predicted octanol–water partition coefficient (Wildman–Crippen LogP) is 3.87. The van der Waals surface area contributed by atoms with Crippen molar-refractivity contribution in [2.24, 2.45) is 0 Å². The van der Waals surface area contributed by atoms with Gasteiger partial charge in [0.1, 0.15) is 11.9 Å². The van der Waals surface area contributed by atoms with Crippen molar-refractivity contribution in [2.75, 3.05) is 36.4 Å². The Bertz CT molecular complexity index is 828. The number of nitrogens with one attached hydrogen (secondary N) is 1. The molecule has 1 fully saturated rings. The molecule has 1 saturated heterocycles. The van der Waals surface area contributed by atoms with Crippen LogP contribution < -0.4 is 10.2 Å². The smallest absolute Gasteiger partial charge is 0.173 e. The molecule has 0 atom stereocenters. The van der Waals surface area contributed by atoms with Crippen LogP contribution in [0.25, 0.3) is 0 Å². The summed E-state index contributed by atoms with van der Waals surface area (Å²) in [4.78, 5) is 4.24. The number of benzene rings is 2. The van der Waals surface area contributed by atoms with Gasteiger partial charge in [0.25, 0.3) is 0 Å². The maximum atomic E-state index is 13.2. The second-order valence-corrected chi connectivity index (χ2v) is 6.46. The first-order chi connectivity index (χ1) is 12.1. The maximum absolute atomic E-state index is 13.2. The molecule has 1 heterocycles. The van der Waals surface area contributed by atoms with Crippen molar-refractivity contribution in [1.82, 2.24) is 4.90 Å². The van der Waals surface area contributed by atoms with Crippen LogP contribution in [0.4, 0.5) is 15.8 Å². The van der Waals surface area contributed by atoms with E-state index in [1.165, 1.54) is 12.1 Å². The molecule has 3 rings (SSSR count). The molecule has 0 spiro atoms. The second-order valence-electron chi connectivity index (χ2n) is 5.66. The molecule has 0 aromatic heterocycles. The molecule has 1 aliphatic rings. The highest BCUT2D eigenvalue weighted by atomic mass is 35.5. The van der Waals surface area contributed by atoms with Crippen molar-refractivity contribution in [2.45, 2.75) is 0 Å². The molecule has 0 amide bonds. The van der Waals surface area contributed by atoms with Crippen LogP contribution in [-0.2, 0) is 0 Å². The molecular formula is C18H16ClFN4S. The Hall–Kier alpha value is -2.36. The topological polar surface area (TPSA) is 42.3 Å². The zero-order chi connectivity index (χ0) is 17.8. The third-order valence-electron chi connectivity index (χ3n) is 4.10. The Kier molecular flexibility index (Phi) is 5.37. The fraction of sp³-hybridized carbons (Fsp3) is 0.222. The van der Waals surface area contributed by atoms with Crippen molar-refractivity contribution in [3.8, 4) is 6.07 Å². The molecule has 2 aromatic rings. The highest BCUT2D eigenvalue weighted by Crippen LogP contribution is 2.22. The molecular weight excluding hydrogens is 359 g/mol. The standard InChI is InChI=1S/C18H16ClFN4S/c19-15-11-14(5-6-16(15)20)22-18(25)24-9-7-23(8-10-24)17-4-2-1-3-13(17)12-21/h1-6,11H,7-10H2,(H,22,25). The van der Waals surface area contributed by atoms with Crippen LogP contribution >= 0.6 is 23.8 Å². The molecule has 25 heavy (non-hydrogen) atoms. The number of nitrogens with zero attached hydrogens (tertiary/aromatic N) is 3. The van der Waals surface area contributed by atoms with E-state index in [9.17, 15) is 9.65 Å². The van der Waals surface area contributed by atoms with Crippen LogP contribution in [0.15, 0.2) is 42.5 Å². The van der Waals surface area contributed by atoms with Gasteiger partial charge in [0.2, 0.25) is 0 Å². The molecule has 0 bridgehead atoms. The molecule has 128 valence electrons. The monoisotopic (exact) mass is 374 g/mol. The lowest BCUT2D eigenvalue weighted by Crippen LogP contribution is -2.50. The number of piperazine rings is 1. The van der Waals surface area contributed by atoms with Crippen molar-refractivity contribution < 1.29 is 4.39 Å². The SMILES string of the molecule is N#Cc1ccccc1N1CCN(C(=S)Nc2ccc(F)c(Cl)c2)CC1. The van der Waals surface area contributed by atoms with Crippen molar-refractivity contribution >= 4 is 40.3 Å². The largest absolute Gasteiger partial charge is 0.367 e. The van der Waals surface area contributed by atoms with Gasteiger partial charge in [-0.1, -0.05) is 23.7 Å². The van der Waals surface area contributed by atoms with Crippen LogP contribution in [0.3, 0.4) is 0 Å². The second kappa shape index (κ2) is 7.68. The average molecular weight is 375 g/mol. The number of halogens is 2. The van der Waals surface area contributed by atoms with Gasteiger partial charge < -0.3 is 15.1 Å². The lowest BCUT2D eigenvalue weighted by atomic mass is 10.1. The van der Waals surface area contributed by atoms with Gasteiger partial charge in [-0.3, -0.25) is 0 Å². The number of thiocarbonyl (C=S) groups is 1. The van der Waals surface area contributed by atoms with Crippen LogP contribution in [0.5, 0.6) is 0 Å². The van der Waals surface area contributed by atoms with E-state index in [2.05, 4.69) is 21.2 Å². The first-order valence-corrected chi connectivity index (χ1v) is 8.62. The minimum absolute atomic E-state index is 0.0609. The molecule has 0 aliphatic carbocycles. The van der Waals surface area contributed by atoms with E-state index in [-0.39, 0.29) is 5.02 Å². The van der Waals surface area contributed by atoms with Gasteiger partial charge in [0.05, 0.1) is 16.3 Å². The fourth-order valence-electron chi connectivity index (χ4n) is 2.77. The van der Waals surface area contributed by atoms with E-state index >= 15 is 0 Å². The first-order valence-electron chi connectivity index (χ1n) is 7.83. The normalized spacial score (nSPS) is 14.1. The number of para-hydroxylation sites is 1. The minimum Gasteiger partial charge on any atom is -0.367 e. The van der Waals surface area contributed by atoms with Gasteiger partial charge in [-0.15, -0.1) is 0 Å². The third-order valence-corrected chi connectivity index (χ3v) is 4.75.